The molecular weight excluding hydrogens is 420 g/mol. The predicted molar refractivity (Wildman–Crippen MR) is 129 cm³/mol. The third kappa shape index (κ3) is 4.74. The van der Waals surface area contributed by atoms with Crippen LogP contribution in [-0.2, 0) is 0 Å². The van der Waals surface area contributed by atoms with E-state index in [-0.39, 0.29) is 11.9 Å². The van der Waals surface area contributed by atoms with Crippen LogP contribution in [0.3, 0.4) is 0 Å². The first-order valence-electron chi connectivity index (χ1n) is 10.3. The van der Waals surface area contributed by atoms with E-state index in [1.807, 2.05) is 86.2 Å². The molecule has 4 rings (SSSR count). The van der Waals surface area contributed by atoms with Crippen LogP contribution < -0.4 is 10.1 Å². The van der Waals surface area contributed by atoms with Crippen molar-refractivity contribution in [1.29, 1.82) is 0 Å². The van der Waals surface area contributed by atoms with Crippen molar-refractivity contribution in [3.63, 3.8) is 0 Å². The number of methoxy groups -OCH3 is 1. The van der Waals surface area contributed by atoms with Crippen molar-refractivity contribution in [3.8, 4) is 22.0 Å². The van der Waals surface area contributed by atoms with E-state index in [0.29, 0.717) is 17.8 Å². The number of thiophene rings is 1. The first-order chi connectivity index (χ1) is 15.6. The van der Waals surface area contributed by atoms with Crippen molar-refractivity contribution in [1.82, 2.24) is 20.0 Å². The van der Waals surface area contributed by atoms with E-state index in [1.54, 1.807) is 29.3 Å². The SMILES string of the molecule is COc1cccc([C@H](CNC(=O)c2cn(-c3ccccc3)nc2-c2cccs2)N(C)C)c1. The summed E-state index contributed by atoms with van der Waals surface area (Å²) in [7, 11) is 5.66. The molecule has 0 saturated carbocycles. The van der Waals surface area contributed by atoms with Gasteiger partial charge in [-0.3, -0.25) is 4.79 Å². The predicted octanol–water partition coefficient (Wildman–Crippen LogP) is 4.64. The first-order valence-corrected chi connectivity index (χ1v) is 11.2. The van der Waals surface area contributed by atoms with Crippen molar-refractivity contribution < 1.29 is 9.53 Å². The maximum Gasteiger partial charge on any atom is 0.255 e. The largest absolute Gasteiger partial charge is 0.497 e. The molecule has 0 aliphatic heterocycles. The topological polar surface area (TPSA) is 59.4 Å². The second-order valence-electron chi connectivity index (χ2n) is 7.61. The Labute approximate surface area is 192 Å². The molecule has 1 N–H and O–H groups in total. The van der Waals surface area contributed by atoms with Gasteiger partial charge in [0.1, 0.15) is 11.4 Å². The number of ether oxygens (including phenoxy) is 1. The fraction of sp³-hybridized carbons (Fsp3) is 0.200. The van der Waals surface area contributed by atoms with Gasteiger partial charge in [-0.1, -0.05) is 36.4 Å². The van der Waals surface area contributed by atoms with Crippen LogP contribution in [0.2, 0.25) is 0 Å². The molecule has 7 heteroatoms. The van der Waals surface area contributed by atoms with Crippen LogP contribution in [-0.4, -0.2) is 48.3 Å². The molecule has 0 aliphatic carbocycles. The summed E-state index contributed by atoms with van der Waals surface area (Å²) in [4.78, 5) is 16.3. The molecule has 2 heterocycles. The van der Waals surface area contributed by atoms with Crippen molar-refractivity contribution in [3.05, 3.63) is 89.4 Å². The standard InChI is InChI=1S/C25H26N4O2S/c1-28(2)22(18-9-7-12-20(15-18)31-3)16-26-25(30)21-17-29(19-10-5-4-6-11-19)27-24(21)23-13-8-14-32-23/h4-15,17,22H,16H2,1-3H3,(H,26,30)/t22-/m0/s1. The van der Waals surface area contributed by atoms with Gasteiger partial charge >= 0.3 is 0 Å². The third-order valence-corrected chi connectivity index (χ3v) is 6.17. The molecule has 0 fully saturated rings. The molecule has 0 bridgehead atoms. The molecular formula is C25H26N4O2S. The monoisotopic (exact) mass is 446 g/mol. The average Bonchev–Trinajstić information content (AvgIpc) is 3.50. The summed E-state index contributed by atoms with van der Waals surface area (Å²) in [5, 5.41) is 9.83. The molecule has 2 aromatic heterocycles. The fourth-order valence-electron chi connectivity index (χ4n) is 3.58. The Balaban J connectivity index is 1.60. The second kappa shape index (κ2) is 9.80. The lowest BCUT2D eigenvalue weighted by Gasteiger charge is -2.25. The zero-order valence-electron chi connectivity index (χ0n) is 18.4. The highest BCUT2D eigenvalue weighted by atomic mass is 32.1. The zero-order valence-corrected chi connectivity index (χ0v) is 19.2. The minimum atomic E-state index is -0.148. The number of para-hydroxylation sites is 1. The van der Waals surface area contributed by atoms with Gasteiger partial charge in [0, 0.05) is 12.7 Å². The number of nitrogens with one attached hydrogen (secondary N) is 1. The van der Waals surface area contributed by atoms with Crippen LogP contribution in [0.5, 0.6) is 5.75 Å². The van der Waals surface area contributed by atoms with Crippen molar-refractivity contribution in [2.45, 2.75) is 6.04 Å². The summed E-state index contributed by atoms with van der Waals surface area (Å²) >= 11 is 1.57. The highest BCUT2D eigenvalue weighted by molar-refractivity contribution is 7.13. The van der Waals surface area contributed by atoms with E-state index < -0.39 is 0 Å². The summed E-state index contributed by atoms with van der Waals surface area (Å²) in [6.45, 7) is 0.458. The average molecular weight is 447 g/mol. The van der Waals surface area contributed by atoms with Gasteiger partial charge in [-0.2, -0.15) is 5.10 Å². The minimum Gasteiger partial charge on any atom is -0.497 e. The Morgan fingerprint density at radius 1 is 1.12 bits per heavy atom. The molecule has 6 nitrogen and oxygen atoms in total. The highest BCUT2D eigenvalue weighted by Gasteiger charge is 2.22. The molecule has 4 aromatic rings. The van der Waals surface area contributed by atoms with Gasteiger partial charge in [-0.05, 0) is 55.4 Å². The lowest BCUT2D eigenvalue weighted by Crippen LogP contribution is -2.34. The zero-order chi connectivity index (χ0) is 22.5. The summed E-state index contributed by atoms with van der Waals surface area (Å²) in [6.07, 6.45) is 1.80. The van der Waals surface area contributed by atoms with Gasteiger partial charge in [0.15, 0.2) is 0 Å². The lowest BCUT2D eigenvalue weighted by molar-refractivity contribution is 0.0942. The van der Waals surface area contributed by atoms with Crippen LogP contribution in [0.15, 0.2) is 78.3 Å². The van der Waals surface area contributed by atoms with Crippen LogP contribution >= 0.6 is 11.3 Å². The molecule has 0 saturated heterocycles. The number of carbonyl (C=O) groups excluding carboxylic acids is 1. The summed E-state index contributed by atoms with van der Waals surface area (Å²) in [6, 6.07) is 21.7. The molecule has 164 valence electrons. The van der Waals surface area contributed by atoms with Gasteiger partial charge in [0.2, 0.25) is 0 Å². The number of benzene rings is 2. The molecule has 0 spiro atoms. The number of amides is 1. The van der Waals surface area contributed by atoms with E-state index >= 15 is 0 Å². The Hall–Kier alpha value is -3.42. The maximum atomic E-state index is 13.3. The number of aromatic nitrogens is 2. The lowest BCUT2D eigenvalue weighted by atomic mass is 10.1. The fourth-order valence-corrected chi connectivity index (χ4v) is 4.30. The molecule has 0 aliphatic rings. The van der Waals surface area contributed by atoms with Crippen LogP contribution in [0, 0.1) is 0 Å². The van der Waals surface area contributed by atoms with Gasteiger partial charge in [-0.15, -0.1) is 11.3 Å². The minimum absolute atomic E-state index is 0.00315. The van der Waals surface area contributed by atoms with Crippen LogP contribution in [0.1, 0.15) is 22.0 Å². The number of rotatable bonds is 8. The van der Waals surface area contributed by atoms with Crippen molar-refractivity contribution in [2.75, 3.05) is 27.7 Å². The van der Waals surface area contributed by atoms with E-state index in [4.69, 9.17) is 9.84 Å². The molecule has 32 heavy (non-hydrogen) atoms. The molecule has 0 radical (unpaired) electrons. The maximum absolute atomic E-state index is 13.3. The third-order valence-electron chi connectivity index (χ3n) is 5.29. The number of carbonyl (C=O) groups is 1. The van der Waals surface area contributed by atoms with Gasteiger partial charge < -0.3 is 15.0 Å². The van der Waals surface area contributed by atoms with Crippen LogP contribution in [0.25, 0.3) is 16.3 Å². The molecule has 0 unspecified atom stereocenters. The van der Waals surface area contributed by atoms with Gasteiger partial charge in [-0.25, -0.2) is 4.68 Å². The quantitative estimate of drug-likeness (QED) is 0.428. The van der Waals surface area contributed by atoms with E-state index in [2.05, 4.69) is 10.2 Å². The Morgan fingerprint density at radius 2 is 1.94 bits per heavy atom. The van der Waals surface area contributed by atoms with E-state index in [0.717, 1.165) is 21.9 Å². The van der Waals surface area contributed by atoms with Crippen LogP contribution in [0.4, 0.5) is 0 Å². The van der Waals surface area contributed by atoms with Crippen molar-refractivity contribution in [2.24, 2.45) is 0 Å². The number of hydrogen-bond donors (Lipinski definition) is 1. The summed E-state index contributed by atoms with van der Waals surface area (Å²) in [5.41, 5.74) is 3.23. The number of hydrogen-bond acceptors (Lipinski definition) is 5. The first kappa shape index (κ1) is 21.8. The van der Waals surface area contributed by atoms with Crippen molar-refractivity contribution >= 4 is 17.2 Å². The van der Waals surface area contributed by atoms with Gasteiger partial charge in [0.05, 0.1) is 29.3 Å². The second-order valence-corrected chi connectivity index (χ2v) is 8.56. The normalized spacial score (nSPS) is 12.0. The Morgan fingerprint density at radius 3 is 2.62 bits per heavy atom. The van der Waals surface area contributed by atoms with Gasteiger partial charge in [0.25, 0.3) is 5.91 Å². The molecule has 1 atom stereocenters. The van der Waals surface area contributed by atoms with E-state index in [1.165, 1.54) is 0 Å². The molecule has 2 aromatic carbocycles. The molecule has 1 amide bonds. The number of likely N-dealkylation sites (N-methyl/N-ethyl adjacent to an activating group) is 1. The van der Waals surface area contributed by atoms with E-state index in [9.17, 15) is 4.79 Å². The smallest absolute Gasteiger partial charge is 0.255 e. The number of nitrogens with zero attached hydrogens (tertiary/aromatic N) is 3. The summed E-state index contributed by atoms with van der Waals surface area (Å²) < 4.78 is 7.13. The highest BCUT2D eigenvalue weighted by Crippen LogP contribution is 2.28. The Kier molecular flexibility index (Phi) is 6.68. The Bertz CT molecular complexity index is 1170. The summed E-state index contributed by atoms with van der Waals surface area (Å²) in [5.74, 6) is 0.648.